The van der Waals surface area contributed by atoms with Gasteiger partial charge in [-0.15, -0.1) is 0 Å². The van der Waals surface area contributed by atoms with Gasteiger partial charge in [0, 0.05) is 18.2 Å². The molecule has 0 N–H and O–H groups in total. The van der Waals surface area contributed by atoms with Crippen molar-refractivity contribution in [3.8, 4) is 17.7 Å². The number of aromatic nitrogens is 1. The van der Waals surface area contributed by atoms with Gasteiger partial charge in [0.1, 0.15) is 34.7 Å². The Kier molecular flexibility index (Phi) is 3.76. The Morgan fingerprint density at radius 2 is 1.67 bits per heavy atom. The van der Waals surface area contributed by atoms with E-state index in [-0.39, 0.29) is 5.56 Å². The minimum atomic E-state index is -4.74. The van der Waals surface area contributed by atoms with Gasteiger partial charge in [0.2, 0.25) is 5.88 Å². The maximum Gasteiger partial charge on any atom is 0.433 e. The molecule has 0 fully saturated rings. The van der Waals surface area contributed by atoms with Crippen molar-refractivity contribution in [2.75, 3.05) is 0 Å². The van der Waals surface area contributed by atoms with Gasteiger partial charge in [-0.25, -0.2) is 13.8 Å². The summed E-state index contributed by atoms with van der Waals surface area (Å²) >= 11 is 0. The molecule has 0 saturated carbocycles. The SMILES string of the molecule is N#Cc1ccc(C(F)(F)F)nc1Oc1cc(F)cc(F)c1. The van der Waals surface area contributed by atoms with Crippen LogP contribution in [0, 0.1) is 23.0 Å². The highest BCUT2D eigenvalue weighted by Crippen LogP contribution is 2.31. The first-order valence-corrected chi connectivity index (χ1v) is 5.42. The Balaban J connectivity index is 2.45. The predicted octanol–water partition coefficient (Wildman–Crippen LogP) is 4.04. The molecule has 1 heterocycles. The second-order valence-corrected chi connectivity index (χ2v) is 3.87. The van der Waals surface area contributed by atoms with Crippen molar-refractivity contribution in [1.29, 1.82) is 5.26 Å². The number of benzene rings is 1. The highest BCUT2D eigenvalue weighted by atomic mass is 19.4. The van der Waals surface area contributed by atoms with Crippen molar-refractivity contribution in [2.24, 2.45) is 0 Å². The third-order valence-electron chi connectivity index (χ3n) is 2.32. The summed E-state index contributed by atoms with van der Waals surface area (Å²) < 4.78 is 68.5. The van der Waals surface area contributed by atoms with Crippen LogP contribution in [0.3, 0.4) is 0 Å². The highest BCUT2D eigenvalue weighted by molar-refractivity contribution is 5.42. The number of nitriles is 1. The molecule has 8 heteroatoms. The van der Waals surface area contributed by atoms with E-state index in [2.05, 4.69) is 4.98 Å². The zero-order valence-electron chi connectivity index (χ0n) is 10.1. The summed E-state index contributed by atoms with van der Waals surface area (Å²) in [7, 11) is 0. The lowest BCUT2D eigenvalue weighted by Gasteiger charge is -2.10. The average Bonchev–Trinajstić information content (AvgIpc) is 2.36. The quantitative estimate of drug-likeness (QED) is 0.786. The number of hydrogen-bond acceptors (Lipinski definition) is 3. The molecule has 0 bridgehead atoms. The number of halogens is 5. The standard InChI is InChI=1S/C13H5F5N2O/c14-8-3-9(15)5-10(4-8)21-12-7(6-19)1-2-11(20-12)13(16,17)18/h1-5H. The zero-order chi connectivity index (χ0) is 15.6. The molecule has 2 rings (SSSR count). The minimum absolute atomic E-state index is 0.298. The third-order valence-corrected chi connectivity index (χ3v) is 2.32. The molecule has 1 aromatic heterocycles. The van der Waals surface area contributed by atoms with E-state index in [1.54, 1.807) is 6.07 Å². The van der Waals surface area contributed by atoms with E-state index >= 15 is 0 Å². The van der Waals surface area contributed by atoms with E-state index in [1.807, 2.05) is 0 Å². The summed E-state index contributed by atoms with van der Waals surface area (Å²) in [5.74, 6) is -3.04. The Morgan fingerprint density at radius 1 is 1.05 bits per heavy atom. The van der Waals surface area contributed by atoms with Crippen LogP contribution in [0.5, 0.6) is 11.6 Å². The van der Waals surface area contributed by atoms with Gasteiger partial charge in [-0.3, -0.25) is 0 Å². The van der Waals surface area contributed by atoms with E-state index in [4.69, 9.17) is 10.00 Å². The summed E-state index contributed by atoms with van der Waals surface area (Å²) in [5, 5.41) is 8.80. The summed E-state index contributed by atoms with van der Waals surface area (Å²) in [6.07, 6.45) is -4.74. The van der Waals surface area contributed by atoms with Crippen molar-refractivity contribution in [2.45, 2.75) is 6.18 Å². The molecule has 1 aromatic carbocycles. The number of hydrogen-bond donors (Lipinski definition) is 0. The van der Waals surface area contributed by atoms with Gasteiger partial charge in [0.15, 0.2) is 0 Å². The van der Waals surface area contributed by atoms with Gasteiger partial charge in [0.25, 0.3) is 0 Å². The van der Waals surface area contributed by atoms with Gasteiger partial charge >= 0.3 is 6.18 Å². The van der Waals surface area contributed by atoms with Gasteiger partial charge in [-0.05, 0) is 12.1 Å². The summed E-state index contributed by atoms with van der Waals surface area (Å²) in [4.78, 5) is 3.15. The summed E-state index contributed by atoms with van der Waals surface area (Å²) in [5.41, 5.74) is -1.58. The molecule has 0 spiro atoms. The van der Waals surface area contributed by atoms with Gasteiger partial charge in [-0.2, -0.15) is 18.4 Å². The van der Waals surface area contributed by atoms with Crippen molar-refractivity contribution in [1.82, 2.24) is 4.98 Å². The van der Waals surface area contributed by atoms with E-state index in [0.29, 0.717) is 12.1 Å². The lowest BCUT2D eigenvalue weighted by atomic mass is 10.2. The van der Waals surface area contributed by atoms with Crippen LogP contribution < -0.4 is 4.74 Å². The van der Waals surface area contributed by atoms with Crippen LogP contribution >= 0.6 is 0 Å². The first-order valence-electron chi connectivity index (χ1n) is 5.42. The molecule has 0 atom stereocenters. The molecule has 108 valence electrons. The van der Waals surface area contributed by atoms with E-state index in [9.17, 15) is 22.0 Å². The summed E-state index contributed by atoms with van der Waals surface area (Å²) in [6, 6.07) is 5.13. The molecule has 0 aliphatic carbocycles. The van der Waals surface area contributed by atoms with E-state index < -0.39 is 35.1 Å². The number of ether oxygens (including phenoxy) is 1. The molecular weight excluding hydrogens is 295 g/mol. The Hall–Kier alpha value is -2.69. The Labute approximate surface area is 115 Å². The molecule has 21 heavy (non-hydrogen) atoms. The van der Waals surface area contributed by atoms with E-state index in [1.165, 1.54) is 0 Å². The number of nitrogens with zero attached hydrogens (tertiary/aromatic N) is 2. The van der Waals surface area contributed by atoms with Crippen LogP contribution in [-0.4, -0.2) is 4.98 Å². The van der Waals surface area contributed by atoms with E-state index in [0.717, 1.165) is 18.2 Å². The normalized spacial score (nSPS) is 11.0. The molecule has 0 amide bonds. The Morgan fingerprint density at radius 3 is 2.19 bits per heavy atom. The third kappa shape index (κ3) is 3.45. The van der Waals surface area contributed by atoms with Gasteiger partial charge in [-0.1, -0.05) is 0 Å². The average molecular weight is 300 g/mol. The van der Waals surface area contributed by atoms with Crippen LogP contribution in [-0.2, 0) is 6.18 Å². The molecule has 0 saturated heterocycles. The number of pyridine rings is 1. The van der Waals surface area contributed by atoms with Crippen LogP contribution in [0.25, 0.3) is 0 Å². The molecule has 2 aromatic rings. The van der Waals surface area contributed by atoms with Crippen LogP contribution in [0.15, 0.2) is 30.3 Å². The minimum Gasteiger partial charge on any atom is -0.437 e. The van der Waals surface area contributed by atoms with Crippen molar-refractivity contribution in [3.63, 3.8) is 0 Å². The molecule has 0 radical (unpaired) electrons. The van der Waals surface area contributed by atoms with Crippen molar-refractivity contribution < 1.29 is 26.7 Å². The fourth-order valence-corrected chi connectivity index (χ4v) is 1.46. The molecule has 0 aliphatic rings. The zero-order valence-corrected chi connectivity index (χ0v) is 10.1. The monoisotopic (exact) mass is 300 g/mol. The van der Waals surface area contributed by atoms with Crippen LogP contribution in [0.4, 0.5) is 22.0 Å². The smallest absolute Gasteiger partial charge is 0.433 e. The predicted molar refractivity (Wildman–Crippen MR) is 60.4 cm³/mol. The highest BCUT2D eigenvalue weighted by Gasteiger charge is 2.33. The lowest BCUT2D eigenvalue weighted by molar-refractivity contribution is -0.141. The fourth-order valence-electron chi connectivity index (χ4n) is 1.46. The summed E-state index contributed by atoms with van der Waals surface area (Å²) in [6.45, 7) is 0. The number of alkyl halides is 3. The first-order chi connectivity index (χ1) is 9.79. The van der Waals surface area contributed by atoms with Gasteiger partial charge < -0.3 is 4.74 Å². The van der Waals surface area contributed by atoms with Crippen molar-refractivity contribution >= 4 is 0 Å². The fraction of sp³-hybridized carbons (Fsp3) is 0.0769. The maximum atomic E-state index is 13.0. The molecule has 0 aliphatic heterocycles. The second-order valence-electron chi connectivity index (χ2n) is 3.87. The Bertz CT molecular complexity index is 701. The maximum absolute atomic E-state index is 13.0. The molecule has 0 unspecified atom stereocenters. The largest absolute Gasteiger partial charge is 0.437 e. The first kappa shape index (κ1) is 14.7. The lowest BCUT2D eigenvalue weighted by Crippen LogP contribution is -2.09. The van der Waals surface area contributed by atoms with Crippen LogP contribution in [0.1, 0.15) is 11.3 Å². The molecular formula is C13H5F5N2O. The topological polar surface area (TPSA) is 45.9 Å². The number of rotatable bonds is 2. The van der Waals surface area contributed by atoms with Crippen molar-refractivity contribution in [3.05, 3.63) is 53.2 Å². The second kappa shape index (κ2) is 5.36. The molecule has 3 nitrogen and oxygen atoms in total. The van der Waals surface area contributed by atoms with Gasteiger partial charge in [0.05, 0.1) is 0 Å². The van der Waals surface area contributed by atoms with Crippen LogP contribution in [0.2, 0.25) is 0 Å².